The number of fused-ring (bicyclic) bond motifs is 1. The molecule has 5 nitrogen and oxygen atoms in total. The molecule has 1 atom stereocenters. The molecule has 0 radical (unpaired) electrons. The summed E-state index contributed by atoms with van der Waals surface area (Å²) in [5.74, 6) is 0.583. The predicted octanol–water partition coefficient (Wildman–Crippen LogP) is 3.85. The van der Waals surface area contributed by atoms with E-state index in [-0.39, 0.29) is 6.04 Å². The third-order valence-electron chi connectivity index (χ3n) is 4.23. The summed E-state index contributed by atoms with van der Waals surface area (Å²) in [6.07, 6.45) is 2.28. The fourth-order valence-electron chi connectivity index (χ4n) is 3.20. The number of hydrogen-bond donors (Lipinski definition) is 0. The number of anilines is 1. The first-order chi connectivity index (χ1) is 11.5. The van der Waals surface area contributed by atoms with Crippen LogP contribution in [-0.2, 0) is 16.4 Å². The number of thiophene rings is 1. The van der Waals surface area contributed by atoms with Crippen LogP contribution in [0.25, 0.3) is 10.6 Å². The first-order valence-corrected chi connectivity index (χ1v) is 9.88. The van der Waals surface area contributed by atoms with Crippen LogP contribution in [0.2, 0.25) is 0 Å². The molecule has 0 amide bonds. The molecule has 1 aliphatic rings. The molecule has 2 aromatic heterocycles. The molecule has 0 bridgehead atoms. The van der Waals surface area contributed by atoms with E-state index < -0.39 is 10.0 Å². The topological polar surface area (TPSA) is 63.4 Å². The molecular weight excluding hydrogens is 344 g/mol. The van der Waals surface area contributed by atoms with Gasteiger partial charge < -0.3 is 4.52 Å². The lowest BCUT2D eigenvalue weighted by Gasteiger charge is -2.24. The monoisotopic (exact) mass is 360 g/mol. The van der Waals surface area contributed by atoms with Crippen molar-refractivity contribution in [3.05, 3.63) is 53.0 Å². The molecule has 3 aromatic rings. The zero-order chi connectivity index (χ0) is 16.9. The van der Waals surface area contributed by atoms with Crippen LogP contribution in [-0.4, -0.2) is 19.6 Å². The van der Waals surface area contributed by atoms with Crippen LogP contribution in [0.1, 0.15) is 17.4 Å². The number of benzene rings is 1. The lowest BCUT2D eigenvalue weighted by molar-refractivity contribution is 0.433. The zero-order valence-corrected chi connectivity index (χ0v) is 14.9. The Morgan fingerprint density at radius 2 is 2.08 bits per heavy atom. The minimum Gasteiger partial charge on any atom is -0.355 e. The van der Waals surface area contributed by atoms with Gasteiger partial charge in [0, 0.05) is 17.0 Å². The third-order valence-corrected chi connectivity index (χ3v) is 7.48. The summed E-state index contributed by atoms with van der Waals surface area (Å²) in [5.41, 5.74) is 1.84. The molecule has 124 valence electrons. The summed E-state index contributed by atoms with van der Waals surface area (Å²) in [7, 11) is -3.62. The Morgan fingerprint density at radius 1 is 1.29 bits per heavy atom. The molecule has 3 heterocycles. The largest absolute Gasteiger partial charge is 0.355 e. The highest BCUT2D eigenvalue weighted by atomic mass is 32.2. The van der Waals surface area contributed by atoms with E-state index in [0.29, 0.717) is 10.7 Å². The second-order valence-corrected chi connectivity index (χ2v) is 8.93. The van der Waals surface area contributed by atoms with Crippen molar-refractivity contribution in [2.24, 2.45) is 0 Å². The number of aryl methyl sites for hydroxylation is 1. The number of aromatic nitrogens is 1. The molecule has 4 rings (SSSR count). The van der Waals surface area contributed by atoms with Crippen molar-refractivity contribution in [3.8, 4) is 10.6 Å². The van der Waals surface area contributed by atoms with Crippen LogP contribution in [0.4, 0.5) is 5.69 Å². The van der Waals surface area contributed by atoms with Crippen molar-refractivity contribution >= 4 is 27.0 Å². The Bertz CT molecular complexity index is 991. The smallest absolute Gasteiger partial charge is 0.265 e. The van der Waals surface area contributed by atoms with E-state index in [1.807, 2.05) is 38.1 Å². The summed E-state index contributed by atoms with van der Waals surface area (Å²) >= 11 is 1.40. The summed E-state index contributed by atoms with van der Waals surface area (Å²) in [6, 6.07) is 11.0. The van der Waals surface area contributed by atoms with Gasteiger partial charge in [0.15, 0.2) is 5.76 Å². The molecule has 0 aliphatic carbocycles. The number of para-hydroxylation sites is 1. The number of nitrogens with zero attached hydrogens (tertiary/aromatic N) is 2. The first kappa shape index (κ1) is 15.4. The van der Waals surface area contributed by atoms with Crippen molar-refractivity contribution in [3.63, 3.8) is 0 Å². The van der Waals surface area contributed by atoms with Gasteiger partial charge in [-0.1, -0.05) is 23.4 Å². The van der Waals surface area contributed by atoms with Crippen LogP contribution in [0, 0.1) is 6.92 Å². The van der Waals surface area contributed by atoms with Gasteiger partial charge in [0.25, 0.3) is 10.0 Å². The van der Waals surface area contributed by atoms with Gasteiger partial charge in [-0.2, -0.15) is 0 Å². The van der Waals surface area contributed by atoms with Gasteiger partial charge in [-0.3, -0.25) is 4.31 Å². The maximum atomic E-state index is 13.3. The average Bonchev–Trinajstić information content (AvgIpc) is 3.23. The van der Waals surface area contributed by atoms with Crippen molar-refractivity contribution in [1.82, 2.24) is 5.16 Å². The van der Waals surface area contributed by atoms with E-state index in [4.69, 9.17) is 4.52 Å². The maximum absolute atomic E-state index is 13.3. The lowest BCUT2D eigenvalue weighted by atomic mass is 10.1. The third kappa shape index (κ3) is 2.27. The van der Waals surface area contributed by atoms with Crippen molar-refractivity contribution in [1.29, 1.82) is 0 Å². The van der Waals surface area contributed by atoms with Crippen LogP contribution >= 0.6 is 11.3 Å². The molecule has 24 heavy (non-hydrogen) atoms. The average molecular weight is 360 g/mol. The molecule has 1 aromatic carbocycles. The van der Waals surface area contributed by atoms with Gasteiger partial charge >= 0.3 is 0 Å². The summed E-state index contributed by atoms with van der Waals surface area (Å²) in [5, 5.41) is 3.69. The zero-order valence-electron chi connectivity index (χ0n) is 13.3. The van der Waals surface area contributed by atoms with Gasteiger partial charge in [-0.05, 0) is 38.0 Å². The van der Waals surface area contributed by atoms with Gasteiger partial charge in [0.1, 0.15) is 4.90 Å². The first-order valence-electron chi connectivity index (χ1n) is 7.62. The quantitative estimate of drug-likeness (QED) is 0.712. The van der Waals surface area contributed by atoms with Crippen LogP contribution in [0.15, 0.2) is 52.0 Å². The standard InChI is InChI=1S/C17H16N2O3S2/c1-11-9-13-5-3-4-6-14(13)19(11)24(20,21)17-10-16(23-12(17)2)15-7-8-18-22-15/h3-8,10-11H,9H2,1-2H3. The predicted molar refractivity (Wildman–Crippen MR) is 93.8 cm³/mol. The number of hydrogen-bond acceptors (Lipinski definition) is 5. The Balaban J connectivity index is 1.82. The molecule has 0 spiro atoms. The van der Waals surface area contributed by atoms with Crippen molar-refractivity contribution in [2.75, 3.05) is 4.31 Å². The second-order valence-electron chi connectivity index (χ2n) is 5.89. The van der Waals surface area contributed by atoms with Crippen LogP contribution in [0.5, 0.6) is 0 Å². The van der Waals surface area contributed by atoms with Crippen molar-refractivity contribution < 1.29 is 12.9 Å². The second kappa shape index (κ2) is 5.46. The van der Waals surface area contributed by atoms with E-state index >= 15 is 0 Å². The molecule has 1 unspecified atom stereocenters. The maximum Gasteiger partial charge on any atom is 0.265 e. The normalized spacial score (nSPS) is 17.2. The van der Waals surface area contributed by atoms with Crippen LogP contribution < -0.4 is 4.31 Å². The summed E-state index contributed by atoms with van der Waals surface area (Å²) in [6.45, 7) is 3.76. The van der Waals surface area contributed by atoms with Gasteiger partial charge in [0.2, 0.25) is 0 Å². The molecule has 0 saturated heterocycles. The number of rotatable bonds is 3. The van der Waals surface area contributed by atoms with E-state index in [1.54, 1.807) is 22.6 Å². The lowest BCUT2D eigenvalue weighted by Crippen LogP contribution is -2.35. The van der Waals surface area contributed by atoms with E-state index in [9.17, 15) is 8.42 Å². The fraction of sp³-hybridized carbons (Fsp3) is 0.235. The van der Waals surface area contributed by atoms with Gasteiger partial charge in [0.05, 0.1) is 16.8 Å². The minimum absolute atomic E-state index is 0.0968. The van der Waals surface area contributed by atoms with Crippen LogP contribution in [0.3, 0.4) is 0 Å². The highest BCUT2D eigenvalue weighted by molar-refractivity contribution is 7.93. The van der Waals surface area contributed by atoms with Crippen molar-refractivity contribution in [2.45, 2.75) is 31.2 Å². The molecule has 0 saturated carbocycles. The van der Waals surface area contributed by atoms with E-state index in [2.05, 4.69) is 5.16 Å². The molecule has 0 fully saturated rings. The highest BCUT2D eigenvalue weighted by Gasteiger charge is 2.37. The SMILES string of the molecule is Cc1sc(-c2ccno2)cc1S(=O)(=O)N1c2ccccc2CC1C. The highest BCUT2D eigenvalue weighted by Crippen LogP contribution is 2.40. The van der Waals surface area contributed by atoms with E-state index in [1.165, 1.54) is 11.3 Å². The molecule has 7 heteroatoms. The van der Waals surface area contributed by atoms with E-state index in [0.717, 1.165) is 27.4 Å². The summed E-state index contributed by atoms with van der Waals surface area (Å²) in [4.78, 5) is 1.85. The Labute approximate surface area is 144 Å². The minimum atomic E-state index is -3.62. The fourth-order valence-corrected chi connectivity index (χ4v) is 6.41. The molecular formula is C17H16N2O3S2. The summed E-state index contributed by atoms with van der Waals surface area (Å²) < 4.78 is 33.3. The van der Waals surface area contributed by atoms with Gasteiger partial charge in [-0.15, -0.1) is 11.3 Å². The number of sulfonamides is 1. The Morgan fingerprint density at radius 3 is 2.83 bits per heavy atom. The van der Waals surface area contributed by atoms with Gasteiger partial charge in [-0.25, -0.2) is 8.42 Å². The Hall–Kier alpha value is -2.12. The Kier molecular flexibility index (Phi) is 3.51. The molecule has 0 N–H and O–H groups in total. The molecule has 1 aliphatic heterocycles.